The minimum absolute atomic E-state index is 0.335. The number of hydrogen-bond donors (Lipinski definition) is 0. The van der Waals surface area contributed by atoms with Gasteiger partial charge in [-0.15, -0.1) is 0 Å². The third-order valence-electron chi connectivity index (χ3n) is 3.89. The van der Waals surface area contributed by atoms with E-state index >= 15 is 0 Å². The quantitative estimate of drug-likeness (QED) is 0.643. The van der Waals surface area contributed by atoms with Crippen LogP contribution in [0.1, 0.15) is 25.7 Å². The van der Waals surface area contributed by atoms with Crippen molar-refractivity contribution >= 4 is 5.78 Å². The third kappa shape index (κ3) is 2.79. The van der Waals surface area contributed by atoms with Crippen molar-refractivity contribution in [3.8, 4) is 0 Å². The number of hydrogen-bond acceptors (Lipinski definition) is 2. The summed E-state index contributed by atoms with van der Waals surface area (Å²) in [5.74, 6) is 0.842. The van der Waals surface area contributed by atoms with E-state index in [1.807, 2.05) is 0 Å². The minimum Gasteiger partial charge on any atom is -0.370 e. The van der Waals surface area contributed by atoms with Crippen molar-refractivity contribution < 1.29 is 14.0 Å². The molecule has 1 aliphatic heterocycles. The molecule has 86 valence electrons. The standard InChI is InChI=1S/C12H22NO2/c1-13(6-8-15-9-7-13)10-11-4-2-3-5-12(11)14/h11H,2-10H2,1H3/q+1/t11-/m0/s1. The summed E-state index contributed by atoms with van der Waals surface area (Å²) in [6.07, 6.45) is 4.30. The van der Waals surface area contributed by atoms with Gasteiger partial charge in [0.1, 0.15) is 18.9 Å². The van der Waals surface area contributed by atoms with Crippen LogP contribution in [0.4, 0.5) is 0 Å². The zero-order valence-electron chi connectivity index (χ0n) is 9.71. The van der Waals surface area contributed by atoms with Crippen LogP contribution in [0.2, 0.25) is 0 Å². The Hall–Kier alpha value is -0.410. The number of rotatable bonds is 2. The maximum Gasteiger partial charge on any atom is 0.141 e. The average Bonchev–Trinajstić information content (AvgIpc) is 2.22. The SMILES string of the molecule is C[N+]1(C[C@@H]2CCCCC2=O)CCOCC1. The molecule has 3 nitrogen and oxygen atoms in total. The molecule has 2 aliphatic rings. The van der Waals surface area contributed by atoms with E-state index in [0.29, 0.717) is 11.7 Å². The molecule has 1 atom stereocenters. The molecule has 2 fully saturated rings. The van der Waals surface area contributed by atoms with Crippen LogP contribution in [0.15, 0.2) is 0 Å². The van der Waals surface area contributed by atoms with Gasteiger partial charge < -0.3 is 9.22 Å². The van der Waals surface area contributed by atoms with Crippen LogP contribution in [0, 0.1) is 5.92 Å². The highest BCUT2D eigenvalue weighted by Crippen LogP contribution is 2.24. The third-order valence-corrected chi connectivity index (χ3v) is 3.89. The summed E-state index contributed by atoms with van der Waals surface area (Å²) in [6, 6.07) is 0. The van der Waals surface area contributed by atoms with Crippen LogP contribution in [0.3, 0.4) is 0 Å². The van der Waals surface area contributed by atoms with Crippen LogP contribution < -0.4 is 0 Å². The number of Topliss-reactive ketones (excluding diaryl/α,β-unsaturated/α-hetero) is 1. The summed E-state index contributed by atoms with van der Waals surface area (Å²) in [7, 11) is 2.27. The first-order chi connectivity index (χ1) is 7.20. The fourth-order valence-corrected chi connectivity index (χ4v) is 2.75. The monoisotopic (exact) mass is 212 g/mol. The van der Waals surface area contributed by atoms with Gasteiger partial charge in [0.15, 0.2) is 0 Å². The number of ether oxygens (including phenoxy) is 1. The lowest BCUT2D eigenvalue weighted by atomic mass is 9.87. The van der Waals surface area contributed by atoms with Crippen LogP contribution in [-0.2, 0) is 9.53 Å². The van der Waals surface area contributed by atoms with Crippen LogP contribution in [0.5, 0.6) is 0 Å². The number of carbonyl (C=O) groups is 1. The Morgan fingerprint density at radius 3 is 2.73 bits per heavy atom. The topological polar surface area (TPSA) is 26.3 Å². The Labute approximate surface area is 92.0 Å². The van der Waals surface area contributed by atoms with Gasteiger partial charge in [-0.1, -0.05) is 6.42 Å². The van der Waals surface area contributed by atoms with Gasteiger partial charge >= 0.3 is 0 Å². The molecule has 0 aromatic rings. The Morgan fingerprint density at radius 2 is 2.07 bits per heavy atom. The largest absolute Gasteiger partial charge is 0.370 e. The number of quaternary nitrogens is 1. The lowest BCUT2D eigenvalue weighted by Gasteiger charge is -2.40. The highest BCUT2D eigenvalue weighted by Gasteiger charge is 2.33. The number of nitrogens with zero attached hydrogens (tertiary/aromatic N) is 1. The first kappa shape index (κ1) is 11.1. The molecule has 1 heterocycles. The number of likely N-dealkylation sites (N-methyl/N-ethyl adjacent to an activating group) is 1. The summed E-state index contributed by atoms with van der Waals surface area (Å²) in [5, 5.41) is 0. The minimum atomic E-state index is 0.335. The van der Waals surface area contributed by atoms with Crippen molar-refractivity contribution in [1.82, 2.24) is 0 Å². The molecule has 0 aromatic carbocycles. The average molecular weight is 212 g/mol. The molecule has 0 amide bonds. The van der Waals surface area contributed by atoms with Crippen LogP contribution >= 0.6 is 0 Å². The van der Waals surface area contributed by atoms with Crippen molar-refractivity contribution in [1.29, 1.82) is 0 Å². The highest BCUT2D eigenvalue weighted by molar-refractivity contribution is 5.81. The Morgan fingerprint density at radius 1 is 1.33 bits per heavy atom. The number of morpholine rings is 1. The summed E-state index contributed by atoms with van der Waals surface area (Å²) in [6.45, 7) is 4.91. The Bertz CT molecular complexity index is 234. The maximum atomic E-state index is 11.8. The molecule has 0 spiro atoms. The first-order valence-corrected chi connectivity index (χ1v) is 6.14. The van der Waals surface area contributed by atoms with E-state index < -0.39 is 0 Å². The van der Waals surface area contributed by atoms with E-state index in [-0.39, 0.29) is 0 Å². The van der Waals surface area contributed by atoms with E-state index in [0.717, 1.165) is 56.6 Å². The number of carbonyl (C=O) groups excluding carboxylic acids is 1. The summed E-state index contributed by atoms with van der Waals surface area (Å²) in [5.41, 5.74) is 0. The lowest BCUT2D eigenvalue weighted by Crippen LogP contribution is -2.55. The van der Waals surface area contributed by atoms with E-state index in [2.05, 4.69) is 7.05 Å². The highest BCUT2D eigenvalue weighted by atomic mass is 16.5. The molecule has 0 unspecified atom stereocenters. The molecule has 3 heteroatoms. The predicted octanol–water partition coefficient (Wildman–Crippen LogP) is 1.22. The lowest BCUT2D eigenvalue weighted by molar-refractivity contribution is -0.919. The van der Waals surface area contributed by atoms with Crippen molar-refractivity contribution in [2.75, 3.05) is 39.9 Å². The summed E-state index contributed by atoms with van der Waals surface area (Å²) in [4.78, 5) is 11.8. The second kappa shape index (κ2) is 4.62. The first-order valence-electron chi connectivity index (χ1n) is 6.14. The summed E-state index contributed by atoms with van der Waals surface area (Å²) >= 11 is 0. The van der Waals surface area contributed by atoms with Crippen molar-refractivity contribution in [2.45, 2.75) is 25.7 Å². The fraction of sp³-hybridized carbons (Fsp3) is 0.917. The second-order valence-electron chi connectivity index (χ2n) is 5.27. The van der Waals surface area contributed by atoms with Crippen molar-refractivity contribution in [2.24, 2.45) is 5.92 Å². The summed E-state index contributed by atoms with van der Waals surface area (Å²) < 4.78 is 6.42. The van der Waals surface area contributed by atoms with Gasteiger partial charge in [0.2, 0.25) is 0 Å². The molecule has 2 rings (SSSR count). The molecular formula is C12H22NO2+. The Kier molecular flexibility index (Phi) is 3.42. The van der Waals surface area contributed by atoms with Gasteiger partial charge in [0.25, 0.3) is 0 Å². The van der Waals surface area contributed by atoms with E-state index in [9.17, 15) is 4.79 Å². The van der Waals surface area contributed by atoms with E-state index in [1.54, 1.807) is 0 Å². The van der Waals surface area contributed by atoms with Crippen molar-refractivity contribution in [3.63, 3.8) is 0 Å². The zero-order chi connectivity index (χ0) is 10.7. The van der Waals surface area contributed by atoms with Crippen LogP contribution in [-0.4, -0.2) is 50.2 Å². The molecule has 0 aromatic heterocycles. The van der Waals surface area contributed by atoms with E-state index in [4.69, 9.17) is 4.74 Å². The van der Waals surface area contributed by atoms with Gasteiger partial charge in [-0.2, -0.15) is 0 Å². The second-order valence-corrected chi connectivity index (χ2v) is 5.27. The fourth-order valence-electron chi connectivity index (χ4n) is 2.75. The van der Waals surface area contributed by atoms with Gasteiger partial charge in [0.05, 0.1) is 32.7 Å². The maximum absolute atomic E-state index is 11.8. The Balaban J connectivity index is 1.91. The predicted molar refractivity (Wildman–Crippen MR) is 58.6 cm³/mol. The molecule has 1 aliphatic carbocycles. The molecule has 1 saturated carbocycles. The molecule has 1 saturated heterocycles. The molecule has 15 heavy (non-hydrogen) atoms. The normalized spacial score (nSPS) is 31.5. The van der Waals surface area contributed by atoms with Gasteiger partial charge in [-0.05, 0) is 12.8 Å². The molecule has 0 bridgehead atoms. The molecular weight excluding hydrogens is 190 g/mol. The zero-order valence-corrected chi connectivity index (χ0v) is 9.71. The van der Waals surface area contributed by atoms with E-state index in [1.165, 1.54) is 6.42 Å². The molecule has 0 radical (unpaired) electrons. The molecule has 0 N–H and O–H groups in total. The van der Waals surface area contributed by atoms with Gasteiger partial charge in [-0.25, -0.2) is 0 Å². The smallest absolute Gasteiger partial charge is 0.141 e. The van der Waals surface area contributed by atoms with Gasteiger partial charge in [0, 0.05) is 6.42 Å². The van der Waals surface area contributed by atoms with Crippen LogP contribution in [0.25, 0.3) is 0 Å². The van der Waals surface area contributed by atoms with Gasteiger partial charge in [-0.3, -0.25) is 4.79 Å². The number of ketones is 1. The van der Waals surface area contributed by atoms with Crippen molar-refractivity contribution in [3.05, 3.63) is 0 Å².